The molecule has 0 fully saturated rings. The highest BCUT2D eigenvalue weighted by Gasteiger charge is 2.06. The zero-order chi connectivity index (χ0) is 7.68. The molecule has 0 bridgehead atoms. The highest BCUT2D eigenvalue weighted by molar-refractivity contribution is 5.51. The highest BCUT2D eigenvalue weighted by atomic mass is 16.5. The van der Waals surface area contributed by atoms with Crippen molar-refractivity contribution in [1.29, 1.82) is 0 Å². The number of hydrogen-bond acceptors (Lipinski definition) is 5. The van der Waals surface area contributed by atoms with Crippen LogP contribution in [-0.4, -0.2) is 10.1 Å². The summed E-state index contributed by atoms with van der Waals surface area (Å²) in [5, 5.41) is 3.49. The molecule has 0 atom stereocenters. The van der Waals surface area contributed by atoms with Crippen LogP contribution in [0.25, 0.3) is 11.5 Å². The molecule has 0 aromatic carbocycles. The van der Waals surface area contributed by atoms with Crippen LogP contribution in [0.1, 0.15) is 0 Å². The summed E-state index contributed by atoms with van der Waals surface area (Å²) < 4.78 is 9.73. The van der Waals surface area contributed by atoms with Gasteiger partial charge in [-0.25, -0.2) is 4.98 Å². The summed E-state index contributed by atoms with van der Waals surface area (Å²) >= 11 is 0. The van der Waals surface area contributed by atoms with E-state index in [0.717, 1.165) is 0 Å². The Morgan fingerprint density at radius 3 is 2.82 bits per heavy atom. The molecule has 2 N–H and O–H groups in total. The second-order valence-electron chi connectivity index (χ2n) is 1.98. The summed E-state index contributed by atoms with van der Waals surface area (Å²) in [6, 6.07) is 1.57. The van der Waals surface area contributed by atoms with Crippen LogP contribution in [0.2, 0.25) is 0 Å². The van der Waals surface area contributed by atoms with E-state index in [1.807, 2.05) is 0 Å². The molecule has 2 aromatic rings. The second kappa shape index (κ2) is 2.12. The van der Waals surface area contributed by atoms with E-state index in [9.17, 15) is 0 Å². The van der Waals surface area contributed by atoms with Crippen molar-refractivity contribution in [3.8, 4) is 11.5 Å². The molecular weight excluding hydrogens is 146 g/mol. The maximum absolute atomic E-state index is 5.32. The van der Waals surface area contributed by atoms with Gasteiger partial charge in [0.15, 0.2) is 18.0 Å². The SMILES string of the molecule is Nc1cc(-c2cnco2)on1. The molecule has 0 spiro atoms. The fourth-order valence-corrected chi connectivity index (χ4v) is 0.742. The first kappa shape index (κ1) is 5.96. The Labute approximate surface area is 61.8 Å². The van der Waals surface area contributed by atoms with Gasteiger partial charge in [-0.1, -0.05) is 5.16 Å². The van der Waals surface area contributed by atoms with Gasteiger partial charge in [0.1, 0.15) is 0 Å². The molecule has 56 valence electrons. The Hall–Kier alpha value is -1.78. The van der Waals surface area contributed by atoms with Crippen LogP contribution in [0.15, 0.2) is 27.6 Å². The Kier molecular flexibility index (Phi) is 1.15. The Morgan fingerprint density at radius 1 is 1.36 bits per heavy atom. The van der Waals surface area contributed by atoms with E-state index < -0.39 is 0 Å². The molecule has 2 aromatic heterocycles. The van der Waals surface area contributed by atoms with Crippen LogP contribution in [0.3, 0.4) is 0 Å². The number of hydrogen-bond donors (Lipinski definition) is 1. The van der Waals surface area contributed by atoms with Gasteiger partial charge in [0, 0.05) is 6.07 Å². The molecule has 0 aliphatic heterocycles. The molecule has 0 unspecified atom stereocenters. The third-order valence-electron chi connectivity index (χ3n) is 1.20. The number of rotatable bonds is 1. The van der Waals surface area contributed by atoms with Gasteiger partial charge in [-0.15, -0.1) is 0 Å². The van der Waals surface area contributed by atoms with Crippen LogP contribution in [0.4, 0.5) is 5.82 Å². The number of anilines is 1. The number of aromatic nitrogens is 2. The predicted molar refractivity (Wildman–Crippen MR) is 36.4 cm³/mol. The average Bonchev–Trinajstić information content (AvgIpc) is 2.55. The van der Waals surface area contributed by atoms with Crippen molar-refractivity contribution >= 4 is 5.82 Å². The molecular formula is C6H5N3O2. The maximum atomic E-state index is 5.32. The highest BCUT2D eigenvalue weighted by Crippen LogP contribution is 2.19. The third-order valence-corrected chi connectivity index (χ3v) is 1.20. The van der Waals surface area contributed by atoms with Crippen molar-refractivity contribution < 1.29 is 8.94 Å². The topological polar surface area (TPSA) is 78.1 Å². The van der Waals surface area contributed by atoms with E-state index in [2.05, 4.69) is 10.1 Å². The Morgan fingerprint density at radius 2 is 2.27 bits per heavy atom. The molecule has 0 saturated carbocycles. The number of oxazole rings is 1. The van der Waals surface area contributed by atoms with Crippen LogP contribution < -0.4 is 5.73 Å². The van der Waals surface area contributed by atoms with Crippen LogP contribution in [-0.2, 0) is 0 Å². The van der Waals surface area contributed by atoms with Gasteiger partial charge in [-0.2, -0.15) is 0 Å². The van der Waals surface area contributed by atoms with Crippen molar-refractivity contribution in [2.45, 2.75) is 0 Å². The predicted octanol–water partition coefficient (Wildman–Crippen LogP) is 0.912. The van der Waals surface area contributed by atoms with E-state index in [-0.39, 0.29) is 0 Å². The molecule has 11 heavy (non-hydrogen) atoms. The molecule has 5 nitrogen and oxygen atoms in total. The van der Waals surface area contributed by atoms with E-state index in [1.165, 1.54) is 12.6 Å². The fraction of sp³-hybridized carbons (Fsp3) is 0. The van der Waals surface area contributed by atoms with Crippen molar-refractivity contribution in [1.82, 2.24) is 10.1 Å². The first-order chi connectivity index (χ1) is 5.36. The lowest BCUT2D eigenvalue weighted by Gasteiger charge is -1.80. The molecule has 0 aliphatic carbocycles. The quantitative estimate of drug-likeness (QED) is 0.655. The van der Waals surface area contributed by atoms with Gasteiger partial charge in [0.2, 0.25) is 5.76 Å². The minimum absolute atomic E-state index is 0.330. The molecule has 2 rings (SSSR count). The molecule has 2 heterocycles. The normalized spacial score (nSPS) is 10.2. The molecule has 5 heteroatoms. The molecule has 0 radical (unpaired) electrons. The van der Waals surface area contributed by atoms with E-state index in [1.54, 1.807) is 6.07 Å². The minimum Gasteiger partial charge on any atom is -0.440 e. The smallest absolute Gasteiger partial charge is 0.205 e. The summed E-state index contributed by atoms with van der Waals surface area (Å²) in [5.74, 6) is 1.34. The fourth-order valence-electron chi connectivity index (χ4n) is 0.742. The van der Waals surface area contributed by atoms with Gasteiger partial charge >= 0.3 is 0 Å². The summed E-state index contributed by atoms with van der Waals surface area (Å²) in [6.07, 6.45) is 2.84. The summed E-state index contributed by atoms with van der Waals surface area (Å²) in [7, 11) is 0. The third kappa shape index (κ3) is 0.958. The Balaban J connectivity index is 2.45. The second-order valence-corrected chi connectivity index (χ2v) is 1.98. The first-order valence-electron chi connectivity index (χ1n) is 2.97. The largest absolute Gasteiger partial charge is 0.440 e. The molecule has 0 saturated heterocycles. The summed E-state index contributed by atoms with van der Waals surface area (Å²) in [5.41, 5.74) is 5.32. The van der Waals surface area contributed by atoms with Crippen molar-refractivity contribution in [3.05, 3.63) is 18.7 Å². The zero-order valence-corrected chi connectivity index (χ0v) is 5.52. The number of nitrogens with two attached hydrogens (primary N) is 1. The van der Waals surface area contributed by atoms with Crippen molar-refractivity contribution in [2.75, 3.05) is 5.73 Å². The standard InChI is InChI=1S/C6H5N3O2/c7-6-1-4(11-9-6)5-2-8-3-10-5/h1-3H,(H2,7,9). The summed E-state index contributed by atoms with van der Waals surface area (Å²) in [4.78, 5) is 3.71. The first-order valence-corrected chi connectivity index (χ1v) is 2.97. The zero-order valence-electron chi connectivity index (χ0n) is 5.52. The van der Waals surface area contributed by atoms with Crippen LogP contribution in [0, 0.1) is 0 Å². The lowest BCUT2D eigenvalue weighted by Crippen LogP contribution is -1.79. The Bertz CT molecular complexity index is 338. The molecule has 0 amide bonds. The summed E-state index contributed by atoms with van der Waals surface area (Å²) in [6.45, 7) is 0. The van der Waals surface area contributed by atoms with Crippen molar-refractivity contribution in [3.63, 3.8) is 0 Å². The van der Waals surface area contributed by atoms with Gasteiger partial charge in [-0.05, 0) is 0 Å². The van der Waals surface area contributed by atoms with Gasteiger partial charge < -0.3 is 14.7 Å². The minimum atomic E-state index is 0.330. The van der Waals surface area contributed by atoms with E-state index in [4.69, 9.17) is 14.7 Å². The van der Waals surface area contributed by atoms with Gasteiger partial charge in [-0.3, -0.25) is 0 Å². The molecule has 0 aliphatic rings. The van der Waals surface area contributed by atoms with E-state index >= 15 is 0 Å². The average molecular weight is 151 g/mol. The van der Waals surface area contributed by atoms with Crippen LogP contribution in [0.5, 0.6) is 0 Å². The monoisotopic (exact) mass is 151 g/mol. The van der Waals surface area contributed by atoms with Gasteiger partial charge in [0.25, 0.3) is 0 Å². The lowest BCUT2D eigenvalue weighted by molar-refractivity contribution is 0.420. The van der Waals surface area contributed by atoms with Gasteiger partial charge in [0.05, 0.1) is 6.20 Å². The van der Waals surface area contributed by atoms with E-state index in [0.29, 0.717) is 17.3 Å². The van der Waals surface area contributed by atoms with Crippen molar-refractivity contribution in [2.24, 2.45) is 0 Å². The lowest BCUT2D eigenvalue weighted by atomic mass is 10.4. The number of nitrogens with zero attached hydrogens (tertiary/aromatic N) is 2. The maximum Gasteiger partial charge on any atom is 0.205 e. The number of nitrogen functional groups attached to an aromatic ring is 1. The van der Waals surface area contributed by atoms with Crippen LogP contribution >= 0.6 is 0 Å².